The Morgan fingerprint density at radius 2 is 1.95 bits per heavy atom. The van der Waals surface area contributed by atoms with Crippen LogP contribution in [0.3, 0.4) is 0 Å². The van der Waals surface area contributed by atoms with Crippen LogP contribution < -0.4 is 15.5 Å². The van der Waals surface area contributed by atoms with E-state index in [4.69, 9.17) is 5.11 Å². The number of hydrogen-bond donors (Lipinski definition) is 3. The van der Waals surface area contributed by atoms with E-state index in [1.807, 2.05) is 31.2 Å². The smallest absolute Gasteiger partial charge is 0.319 e. The summed E-state index contributed by atoms with van der Waals surface area (Å²) in [5.41, 5.74) is 1.88. The molecule has 1 saturated heterocycles. The molecule has 3 N–H and O–H groups in total. The summed E-state index contributed by atoms with van der Waals surface area (Å²) in [4.78, 5) is 16.7. The van der Waals surface area contributed by atoms with Crippen molar-refractivity contribution in [2.24, 2.45) is 0 Å². The number of carbonyl (C=O) groups is 1. The molecular formula is C16H26N4O2. The summed E-state index contributed by atoms with van der Waals surface area (Å²) in [5.74, 6) is 0. The molecule has 1 aliphatic rings. The molecule has 0 unspecified atom stereocenters. The van der Waals surface area contributed by atoms with Gasteiger partial charge in [-0.15, -0.1) is 0 Å². The average Bonchev–Trinajstić information content (AvgIpc) is 2.49. The number of para-hydroxylation sites is 2. The first-order valence-corrected chi connectivity index (χ1v) is 7.81. The molecule has 1 atom stereocenters. The zero-order valence-corrected chi connectivity index (χ0v) is 13.4. The largest absolute Gasteiger partial charge is 0.396 e. The Bertz CT molecular complexity index is 487. The Morgan fingerprint density at radius 3 is 2.64 bits per heavy atom. The number of nitrogens with zero attached hydrogens (tertiary/aromatic N) is 2. The molecule has 6 heteroatoms. The standard InChI is InChI=1S/C16H26N4O2/c1-13(7-12-21)17-16(22)18-14-5-3-4-6-15(14)20-10-8-19(2)9-11-20/h3-6,13,21H,7-12H2,1-2H3,(H2,17,18,22)/t13-/m1/s1. The fourth-order valence-corrected chi connectivity index (χ4v) is 2.55. The van der Waals surface area contributed by atoms with E-state index in [2.05, 4.69) is 27.5 Å². The van der Waals surface area contributed by atoms with E-state index in [0.29, 0.717) is 6.42 Å². The molecule has 1 fully saturated rings. The van der Waals surface area contributed by atoms with Gasteiger partial charge >= 0.3 is 6.03 Å². The van der Waals surface area contributed by atoms with Gasteiger partial charge in [0, 0.05) is 38.8 Å². The summed E-state index contributed by atoms with van der Waals surface area (Å²) >= 11 is 0. The predicted octanol–water partition coefficient (Wildman–Crippen LogP) is 1.33. The second-order valence-electron chi connectivity index (χ2n) is 5.82. The van der Waals surface area contributed by atoms with E-state index in [0.717, 1.165) is 37.6 Å². The molecule has 1 aromatic carbocycles. The van der Waals surface area contributed by atoms with Crippen LogP contribution in [0.25, 0.3) is 0 Å². The van der Waals surface area contributed by atoms with E-state index in [-0.39, 0.29) is 18.7 Å². The molecule has 22 heavy (non-hydrogen) atoms. The molecule has 0 saturated carbocycles. The molecule has 1 aromatic rings. The van der Waals surface area contributed by atoms with Crippen LogP contribution in [0, 0.1) is 0 Å². The highest BCUT2D eigenvalue weighted by Gasteiger charge is 2.17. The molecule has 0 aliphatic carbocycles. The fourth-order valence-electron chi connectivity index (χ4n) is 2.55. The summed E-state index contributed by atoms with van der Waals surface area (Å²) < 4.78 is 0. The van der Waals surface area contributed by atoms with E-state index in [9.17, 15) is 4.79 Å². The zero-order chi connectivity index (χ0) is 15.9. The van der Waals surface area contributed by atoms with Gasteiger partial charge in [-0.1, -0.05) is 12.1 Å². The summed E-state index contributed by atoms with van der Waals surface area (Å²) in [7, 11) is 2.12. The Morgan fingerprint density at radius 1 is 1.27 bits per heavy atom. The van der Waals surface area contributed by atoms with E-state index >= 15 is 0 Å². The van der Waals surface area contributed by atoms with Crippen molar-refractivity contribution in [1.82, 2.24) is 10.2 Å². The van der Waals surface area contributed by atoms with Gasteiger partial charge in [0.15, 0.2) is 0 Å². The highest BCUT2D eigenvalue weighted by molar-refractivity contribution is 5.93. The van der Waals surface area contributed by atoms with E-state index in [1.165, 1.54) is 0 Å². The first-order chi connectivity index (χ1) is 10.6. The second kappa shape index (κ2) is 8.00. The van der Waals surface area contributed by atoms with Crippen molar-refractivity contribution < 1.29 is 9.90 Å². The maximum absolute atomic E-state index is 12.1. The summed E-state index contributed by atoms with van der Waals surface area (Å²) in [6.07, 6.45) is 0.549. The number of piperazine rings is 1. The number of nitrogens with one attached hydrogen (secondary N) is 2. The van der Waals surface area contributed by atoms with Crippen LogP contribution in [0.15, 0.2) is 24.3 Å². The quantitative estimate of drug-likeness (QED) is 0.768. The van der Waals surface area contributed by atoms with Crippen LogP contribution in [-0.4, -0.2) is 61.9 Å². The molecule has 122 valence electrons. The van der Waals surface area contributed by atoms with Gasteiger partial charge in [-0.25, -0.2) is 4.79 Å². The van der Waals surface area contributed by atoms with Gasteiger partial charge in [-0.2, -0.15) is 0 Å². The number of rotatable bonds is 5. The number of anilines is 2. The van der Waals surface area contributed by atoms with Crippen molar-refractivity contribution in [3.05, 3.63) is 24.3 Å². The second-order valence-corrected chi connectivity index (χ2v) is 5.82. The van der Waals surface area contributed by atoms with Gasteiger partial charge in [0.1, 0.15) is 0 Å². The van der Waals surface area contributed by atoms with Crippen LogP contribution in [-0.2, 0) is 0 Å². The molecule has 6 nitrogen and oxygen atoms in total. The maximum atomic E-state index is 12.1. The minimum atomic E-state index is -0.234. The van der Waals surface area contributed by atoms with Crippen molar-refractivity contribution >= 4 is 17.4 Å². The molecule has 2 rings (SSSR count). The van der Waals surface area contributed by atoms with Crippen molar-refractivity contribution in [2.45, 2.75) is 19.4 Å². The lowest BCUT2D eigenvalue weighted by atomic mass is 10.2. The first kappa shape index (κ1) is 16.6. The van der Waals surface area contributed by atoms with Gasteiger partial charge in [0.05, 0.1) is 11.4 Å². The molecule has 1 heterocycles. The van der Waals surface area contributed by atoms with Crippen LogP contribution >= 0.6 is 0 Å². The van der Waals surface area contributed by atoms with Crippen LogP contribution in [0.1, 0.15) is 13.3 Å². The molecule has 1 aliphatic heterocycles. The monoisotopic (exact) mass is 306 g/mol. The van der Waals surface area contributed by atoms with Crippen LogP contribution in [0.5, 0.6) is 0 Å². The van der Waals surface area contributed by atoms with E-state index in [1.54, 1.807) is 0 Å². The number of aliphatic hydroxyl groups is 1. The SMILES string of the molecule is C[C@H](CCO)NC(=O)Nc1ccccc1N1CCN(C)CC1. The van der Waals surface area contributed by atoms with Crippen molar-refractivity contribution in [3.63, 3.8) is 0 Å². The molecular weight excluding hydrogens is 280 g/mol. The molecule has 2 amide bonds. The van der Waals surface area contributed by atoms with Crippen molar-refractivity contribution in [1.29, 1.82) is 0 Å². The van der Waals surface area contributed by atoms with Gasteiger partial charge in [-0.05, 0) is 32.5 Å². The highest BCUT2D eigenvalue weighted by Crippen LogP contribution is 2.26. The number of urea groups is 1. The fraction of sp³-hybridized carbons (Fsp3) is 0.562. The Hall–Kier alpha value is -1.79. The average molecular weight is 306 g/mol. The maximum Gasteiger partial charge on any atom is 0.319 e. The van der Waals surface area contributed by atoms with Crippen molar-refractivity contribution in [2.75, 3.05) is 50.1 Å². The zero-order valence-electron chi connectivity index (χ0n) is 13.4. The Balaban J connectivity index is 2.00. The Labute approximate surface area is 132 Å². The number of carbonyl (C=O) groups excluding carboxylic acids is 1. The number of likely N-dealkylation sites (N-methyl/N-ethyl adjacent to an activating group) is 1. The highest BCUT2D eigenvalue weighted by atomic mass is 16.3. The third-order valence-electron chi connectivity index (χ3n) is 3.94. The molecule has 0 radical (unpaired) electrons. The van der Waals surface area contributed by atoms with Gasteiger partial charge < -0.3 is 25.5 Å². The van der Waals surface area contributed by atoms with Gasteiger partial charge in [-0.3, -0.25) is 0 Å². The van der Waals surface area contributed by atoms with E-state index < -0.39 is 0 Å². The van der Waals surface area contributed by atoms with Gasteiger partial charge in [0.25, 0.3) is 0 Å². The van der Waals surface area contributed by atoms with Crippen LogP contribution in [0.4, 0.5) is 16.2 Å². The first-order valence-electron chi connectivity index (χ1n) is 7.81. The number of amides is 2. The lowest BCUT2D eigenvalue weighted by Crippen LogP contribution is -2.45. The normalized spacial score (nSPS) is 17.1. The minimum Gasteiger partial charge on any atom is -0.396 e. The predicted molar refractivity (Wildman–Crippen MR) is 89.5 cm³/mol. The van der Waals surface area contributed by atoms with Gasteiger partial charge in [0.2, 0.25) is 0 Å². The Kier molecular flexibility index (Phi) is 6.03. The van der Waals surface area contributed by atoms with Crippen LogP contribution in [0.2, 0.25) is 0 Å². The number of hydrogen-bond acceptors (Lipinski definition) is 4. The molecule has 0 aromatic heterocycles. The summed E-state index contributed by atoms with van der Waals surface area (Å²) in [5, 5.41) is 14.6. The summed E-state index contributed by atoms with van der Waals surface area (Å²) in [6.45, 7) is 5.90. The lowest BCUT2D eigenvalue weighted by Gasteiger charge is -2.35. The third kappa shape index (κ3) is 4.61. The van der Waals surface area contributed by atoms with Crippen molar-refractivity contribution in [3.8, 4) is 0 Å². The topological polar surface area (TPSA) is 67.8 Å². The minimum absolute atomic E-state index is 0.0548. The summed E-state index contributed by atoms with van der Waals surface area (Å²) in [6, 6.07) is 7.59. The third-order valence-corrected chi connectivity index (χ3v) is 3.94. The molecule has 0 spiro atoms. The lowest BCUT2D eigenvalue weighted by molar-refractivity contribution is 0.241. The molecule has 0 bridgehead atoms. The number of aliphatic hydroxyl groups excluding tert-OH is 1. The number of benzene rings is 1.